The number of nitrogens with two attached hydrogens (primary N) is 2. The number of carboxylic acid groups (broad SMARTS) is 1. The van der Waals surface area contributed by atoms with Crippen LogP contribution in [-0.2, 0) is 89.5 Å². The molecule has 0 saturated heterocycles. The van der Waals surface area contributed by atoms with E-state index in [2.05, 4.69) is 42.2 Å². The molecule has 43 heteroatoms. The Morgan fingerprint density at radius 3 is 0.823 bits per heavy atom. The van der Waals surface area contributed by atoms with Crippen molar-refractivity contribution >= 4 is 161 Å². The maximum atomic E-state index is 13.5. The first-order chi connectivity index (χ1) is 71.1. The zero-order valence-corrected chi connectivity index (χ0v) is 85.4. The van der Waals surface area contributed by atoms with Gasteiger partial charge >= 0.3 is 24.2 Å². The number of non-ortho nitro benzene ring substituents is 3. The van der Waals surface area contributed by atoms with Gasteiger partial charge in [-0.05, 0) is 128 Å². The fourth-order valence-corrected chi connectivity index (χ4v) is 21.2. The van der Waals surface area contributed by atoms with Gasteiger partial charge in [-0.3, -0.25) is 49.5 Å². The number of aliphatic carboxylic acids is 1. The molecule has 0 radical (unpaired) electrons. The molecule has 7 amide bonds. The molecule has 758 valence electrons. The average Bonchev–Trinajstić information content (AvgIpc) is 1.71. The van der Waals surface area contributed by atoms with Gasteiger partial charge in [0.05, 0.1) is 103 Å². The van der Waals surface area contributed by atoms with Gasteiger partial charge in [0.25, 0.3) is 17.1 Å². The van der Waals surface area contributed by atoms with E-state index < -0.39 is 106 Å². The predicted molar refractivity (Wildman–Crippen MR) is 571 cm³/mol. The highest BCUT2D eigenvalue weighted by Gasteiger charge is 2.32. The molecule has 13 N–H and O–H groups in total. The number of thiophene rings is 4. The maximum Gasteiger partial charge on any atom is 0.407 e. The van der Waals surface area contributed by atoms with E-state index in [1.54, 1.807) is 117 Å². The van der Waals surface area contributed by atoms with Crippen LogP contribution in [0.1, 0.15) is 91.5 Å². The molecule has 8 heterocycles. The van der Waals surface area contributed by atoms with Crippen molar-refractivity contribution in [2.24, 2.45) is 5.73 Å². The zero-order valence-electron chi connectivity index (χ0n) is 78.9. The highest BCUT2D eigenvalue weighted by molar-refractivity contribution is 7.21. The van der Waals surface area contributed by atoms with Crippen LogP contribution in [-0.4, -0.2) is 145 Å². The number of aromatic nitrogens is 4. The summed E-state index contributed by atoms with van der Waals surface area (Å²) in [6.45, 7) is -0.710. The molecular formula is C104H100N16O19S8. The molecule has 8 aromatic heterocycles. The lowest BCUT2D eigenvalue weighted by atomic mass is 10.0. The first kappa shape index (κ1) is 110. The number of nitrogens with zero attached hydrogens (tertiary/aromatic N) is 7. The van der Waals surface area contributed by atoms with Gasteiger partial charge in [0.1, 0.15) is 50.8 Å². The van der Waals surface area contributed by atoms with Gasteiger partial charge in [-0.25, -0.2) is 39.1 Å². The average molecular weight is 2130 g/mol. The van der Waals surface area contributed by atoms with Crippen LogP contribution in [0.25, 0.3) is 39.5 Å². The van der Waals surface area contributed by atoms with E-state index in [-0.39, 0.29) is 48.3 Å². The molecule has 0 unspecified atom stereocenters. The van der Waals surface area contributed by atoms with Crippen molar-refractivity contribution in [1.29, 1.82) is 0 Å². The van der Waals surface area contributed by atoms with Gasteiger partial charge in [-0.15, -0.1) is 90.7 Å². The Kier molecular flexibility index (Phi) is 42.2. The Labute approximate surface area is 875 Å². The van der Waals surface area contributed by atoms with Gasteiger partial charge in [0.2, 0.25) is 23.6 Å². The van der Waals surface area contributed by atoms with Crippen molar-refractivity contribution < 1.29 is 77.5 Å². The fraction of sp³-hybridized carbons (Fsp3) is 0.192. The Morgan fingerprint density at radius 2 is 0.571 bits per heavy atom. The monoisotopic (exact) mass is 2130 g/mol. The normalized spacial score (nSPS) is 12.3. The number of thiazole rings is 4. The number of nitrogen functional groups attached to an aromatic ring is 1. The van der Waals surface area contributed by atoms with E-state index >= 15 is 0 Å². The molecule has 35 nitrogen and oxygen atoms in total. The fourth-order valence-electron chi connectivity index (χ4n) is 14.4. The molecule has 0 spiro atoms. The van der Waals surface area contributed by atoms with E-state index in [4.69, 9.17) is 50.8 Å². The van der Waals surface area contributed by atoms with E-state index in [0.29, 0.717) is 49.2 Å². The second kappa shape index (κ2) is 56.4. The number of methoxy groups -OCH3 is 3. The lowest BCUT2D eigenvalue weighted by Crippen LogP contribution is -2.49. The van der Waals surface area contributed by atoms with Gasteiger partial charge in [-0.2, -0.15) is 0 Å². The number of carbonyl (C=O) groups is 8. The van der Waals surface area contributed by atoms with E-state index in [1.807, 2.05) is 213 Å². The number of nitrogens with one attached hydrogen (secondary N) is 7. The molecule has 8 aromatic carbocycles. The number of nitro benzene ring substituents is 3. The van der Waals surface area contributed by atoms with Crippen LogP contribution < -0.4 is 48.7 Å². The Balaban J connectivity index is 0.000000168. The molecule has 16 rings (SSSR count). The van der Waals surface area contributed by atoms with Gasteiger partial charge < -0.3 is 73.1 Å². The van der Waals surface area contributed by atoms with E-state index in [9.17, 15) is 68.7 Å². The van der Waals surface area contributed by atoms with Gasteiger partial charge in [0, 0.05) is 89.3 Å². The number of carbonyl (C=O) groups excluding carboxylic acids is 7. The Hall–Kier alpha value is -15.8. The van der Waals surface area contributed by atoms with Crippen molar-refractivity contribution in [3.63, 3.8) is 0 Å². The van der Waals surface area contributed by atoms with Crippen molar-refractivity contribution in [1.82, 2.24) is 57.2 Å². The Morgan fingerprint density at radius 1 is 0.320 bits per heavy atom. The number of rotatable bonds is 39. The van der Waals surface area contributed by atoms with Crippen LogP contribution in [0.15, 0.2) is 310 Å². The number of ether oxygens (including phenoxy) is 3. The summed E-state index contributed by atoms with van der Waals surface area (Å²) in [7, 11) is 3.76. The summed E-state index contributed by atoms with van der Waals surface area (Å²) in [5.41, 5.74) is 22.8. The lowest BCUT2D eigenvalue weighted by molar-refractivity contribution is -0.385. The molecule has 0 aliphatic carbocycles. The molecule has 16 aromatic rings. The number of aliphatic hydroxyl groups excluding tert-OH is 1. The number of hydrogen-bond donors (Lipinski definition) is 11. The minimum Gasteiger partial charge on any atom is -0.480 e. The molecule has 0 bridgehead atoms. The summed E-state index contributed by atoms with van der Waals surface area (Å²) in [6.07, 6.45) is 0.809. The highest BCUT2D eigenvalue weighted by atomic mass is 32.1. The number of aliphatic hydroxyl groups is 1. The van der Waals surface area contributed by atoms with Crippen molar-refractivity contribution in [2.45, 2.75) is 99.7 Å². The summed E-state index contributed by atoms with van der Waals surface area (Å²) in [6, 6.07) is 74.3. The summed E-state index contributed by atoms with van der Waals surface area (Å²) in [5, 5.41) is 88.7. The quantitative estimate of drug-likeness (QED) is 0.00737. The van der Waals surface area contributed by atoms with Crippen molar-refractivity contribution in [3.8, 4) is 39.5 Å². The summed E-state index contributed by atoms with van der Waals surface area (Å²) in [4.78, 5) is 153. The number of benzene rings is 8. The number of hydrogen-bond acceptors (Lipinski definition) is 32. The van der Waals surface area contributed by atoms with Crippen LogP contribution in [0.5, 0.6) is 0 Å². The second-order valence-electron chi connectivity index (χ2n) is 32.3. The highest BCUT2D eigenvalue weighted by Crippen LogP contribution is 2.37. The maximum absolute atomic E-state index is 13.5. The molecule has 0 aliphatic rings. The number of anilines is 1. The minimum absolute atomic E-state index is 0.0109. The molecular weight excluding hydrogens is 2030 g/mol. The predicted octanol–water partition coefficient (Wildman–Crippen LogP) is 18.9. The zero-order chi connectivity index (χ0) is 105. The molecule has 8 atom stereocenters. The first-order valence-electron chi connectivity index (χ1n) is 45.1. The first-order valence-corrected chi connectivity index (χ1v) is 52.2. The number of amides is 7. The third-order valence-corrected chi connectivity index (χ3v) is 29.5. The molecule has 0 saturated carbocycles. The van der Waals surface area contributed by atoms with Crippen LogP contribution in [0.4, 0.5) is 37.1 Å². The smallest absolute Gasteiger partial charge is 0.407 e. The van der Waals surface area contributed by atoms with Gasteiger partial charge in [-0.1, -0.05) is 194 Å². The topological polar surface area (TPSA) is 522 Å². The molecule has 147 heavy (non-hydrogen) atoms. The van der Waals surface area contributed by atoms with Crippen LogP contribution >= 0.6 is 90.7 Å². The third kappa shape index (κ3) is 34.7. The minimum atomic E-state index is -1.12. The lowest BCUT2D eigenvalue weighted by Gasteiger charge is -2.23. The molecule has 0 fully saturated rings. The summed E-state index contributed by atoms with van der Waals surface area (Å²) >= 11 is 12.5. The van der Waals surface area contributed by atoms with E-state index in [0.717, 1.165) is 95.4 Å². The van der Waals surface area contributed by atoms with Crippen molar-refractivity contribution in [2.75, 3.05) is 33.7 Å². The molecule has 0 aliphatic heterocycles. The summed E-state index contributed by atoms with van der Waals surface area (Å²) in [5.74, 6) is -2.92. The summed E-state index contributed by atoms with van der Waals surface area (Å²) < 4.78 is 14.2. The number of alkyl carbamates (subject to hydrolysis) is 3. The van der Waals surface area contributed by atoms with Crippen LogP contribution in [0.3, 0.4) is 0 Å². The number of nitro groups is 3. The number of carboxylic acids is 1. The second-order valence-corrected chi connectivity index (χ2v) is 39.5. The standard InChI is InChI=1S/2C26H24N4O5S2.C26H26N4O3S2.C15H13N3O2S2.C11H13NO4/c2*1-35-26(32)29-21(15-17-6-3-2-4-7-17)24(31)27-20(14-18-9-11-19(12-10-18)30(33)34)22-16-37-25(28-22)23-8-5-13-36-23;1-33-26(32)30-21(15-17-6-3-2-4-7-17)24(31)28-20(14-18-9-11-19(27)12-10-18)22-16-35-25(29-22)23-8-5-13-34-23;16-12(8-10-3-5-11(6-4-10)18(19)20)13-9-22-15(17-13)14-2-1-7-21-14;13-7-10(14)12-9(11(15)16)6-8-4-2-1-3-5-8/h2*2-13,16,20-21H,14-15H2,1H3,(H,27,31)(H,29,32);2-13,16,20-21H,14-15,27H2,1H3,(H,28,31)(H,30,32);1-7,9,12H,8,16H2;1-5,9,13H,6-7H2,(H,12,14)(H,15,16)/t3*20-,21-;12-;9-/m00000/s1. The van der Waals surface area contributed by atoms with Crippen LogP contribution in [0, 0.1) is 30.3 Å². The largest absolute Gasteiger partial charge is 0.480 e. The van der Waals surface area contributed by atoms with E-state index in [1.165, 1.54) is 91.7 Å². The SMILES string of the molecule is COC(=O)N[C@@H](Cc1ccccc1)C(=O)N[C@@H](Cc1ccc(N)cc1)c1csc(-c2cccs2)n1.COC(=O)N[C@@H](Cc1ccccc1)C(=O)N[C@@H](Cc1ccc([N+](=O)[O-])cc1)c1csc(-c2cccs2)n1.COC(=O)N[C@@H](Cc1ccccc1)C(=O)N[C@@H](Cc1ccc([N+](=O)[O-])cc1)c1csc(-c2cccs2)n1.N[C@@H](Cc1ccc([N+](=O)[O-])cc1)c1csc(-c2cccs2)n1.O=C(CO)N[C@@H](Cc1ccccc1)C(=O)O. The third-order valence-electron chi connectivity index (χ3n) is 21.9. The van der Waals surface area contributed by atoms with Crippen molar-refractivity contribution in [3.05, 3.63) is 408 Å². The Bertz CT molecular complexity index is 6690. The van der Waals surface area contributed by atoms with Gasteiger partial charge in [0.15, 0.2) is 0 Å². The van der Waals surface area contributed by atoms with Crippen LogP contribution in [0.2, 0.25) is 0 Å².